The lowest BCUT2D eigenvalue weighted by molar-refractivity contribution is -0.0138. The molecule has 188 valence electrons. The fourth-order valence-corrected chi connectivity index (χ4v) is 8.76. The summed E-state index contributed by atoms with van der Waals surface area (Å²) in [6.07, 6.45) is 11.7. The third kappa shape index (κ3) is 4.50. The number of amides is 2. The molecule has 2 aliphatic heterocycles. The monoisotopic (exact) mass is 496 g/mol. The van der Waals surface area contributed by atoms with Crippen LogP contribution in [0.3, 0.4) is 0 Å². The molecule has 0 aromatic heterocycles. The summed E-state index contributed by atoms with van der Waals surface area (Å²) in [5.41, 5.74) is 1.42. The summed E-state index contributed by atoms with van der Waals surface area (Å²) in [5.74, 6) is 2.13. The van der Waals surface area contributed by atoms with Crippen molar-refractivity contribution in [3.63, 3.8) is 0 Å². The lowest BCUT2D eigenvalue weighted by Crippen LogP contribution is -2.63. The van der Waals surface area contributed by atoms with Gasteiger partial charge >= 0.3 is 12.0 Å². The largest absolute Gasteiger partial charge is 0.465 e. The van der Waals surface area contributed by atoms with Crippen LogP contribution in [0.15, 0.2) is 24.3 Å². The Hall–Kier alpha value is -2.35. The van der Waals surface area contributed by atoms with Crippen molar-refractivity contribution in [3.05, 3.63) is 29.8 Å². The van der Waals surface area contributed by atoms with Crippen molar-refractivity contribution in [2.24, 2.45) is 17.8 Å². The lowest BCUT2D eigenvalue weighted by atomic mass is 9.53. The molecule has 0 radical (unpaired) electrons. The Morgan fingerprint density at radius 1 is 0.943 bits per heavy atom. The molecule has 7 rings (SSSR count). The van der Waals surface area contributed by atoms with E-state index in [0.29, 0.717) is 17.6 Å². The molecule has 35 heavy (non-hydrogen) atoms. The zero-order valence-corrected chi connectivity index (χ0v) is 21.2. The minimum Gasteiger partial charge on any atom is -0.465 e. The second-order valence-electron chi connectivity index (χ2n) is 11.8. The summed E-state index contributed by atoms with van der Waals surface area (Å²) in [4.78, 5) is 27.1. The van der Waals surface area contributed by atoms with Gasteiger partial charge in [-0.15, -0.1) is 0 Å². The second-order valence-corrected chi connectivity index (χ2v) is 12.1. The first kappa shape index (κ1) is 23.1. The maximum atomic E-state index is 13.1. The van der Waals surface area contributed by atoms with Crippen molar-refractivity contribution < 1.29 is 14.3 Å². The minimum absolute atomic E-state index is 0.0381. The number of piperidine rings is 1. The van der Waals surface area contributed by atoms with E-state index in [1.54, 1.807) is 12.1 Å². The molecule has 4 aliphatic carbocycles. The van der Waals surface area contributed by atoms with E-state index in [4.69, 9.17) is 17.0 Å². The van der Waals surface area contributed by atoms with Gasteiger partial charge in [0.05, 0.1) is 12.7 Å². The molecule has 8 heteroatoms. The Morgan fingerprint density at radius 2 is 1.51 bits per heavy atom. The van der Waals surface area contributed by atoms with Gasteiger partial charge in [0.2, 0.25) is 0 Å². The molecule has 1 aromatic carbocycles. The zero-order valence-electron chi connectivity index (χ0n) is 20.4. The van der Waals surface area contributed by atoms with Gasteiger partial charge in [-0.05, 0) is 118 Å². The van der Waals surface area contributed by atoms with E-state index in [1.807, 2.05) is 12.1 Å². The standard InChI is InChI=1S/C27H36N4O3S/c1-34-24(32)19-2-4-20(5-3-19)29-26(35)31-22-6-7-23(31)12-21(11-22)28-25(33)30-27-13-16-8-17(14-27)10-18(9-16)15-27/h2-5,16-18,21-23H,6-15H2,1H3,(H,29,35)(H2,28,30,33). The van der Waals surface area contributed by atoms with Crippen LogP contribution in [0.4, 0.5) is 10.5 Å². The fourth-order valence-electron chi connectivity index (χ4n) is 8.35. The van der Waals surface area contributed by atoms with E-state index in [9.17, 15) is 9.59 Å². The van der Waals surface area contributed by atoms with Crippen LogP contribution in [0.2, 0.25) is 0 Å². The maximum Gasteiger partial charge on any atom is 0.337 e. The summed E-state index contributed by atoms with van der Waals surface area (Å²) in [5, 5.41) is 10.9. The highest BCUT2D eigenvalue weighted by atomic mass is 32.1. The van der Waals surface area contributed by atoms with E-state index in [-0.39, 0.29) is 23.6 Å². The number of esters is 1. The number of carbonyl (C=O) groups is 2. The molecular formula is C27H36N4O3S. The molecule has 6 fully saturated rings. The van der Waals surface area contributed by atoms with Crippen molar-refractivity contribution in [1.29, 1.82) is 0 Å². The molecular weight excluding hydrogens is 460 g/mol. The second kappa shape index (κ2) is 8.95. The normalized spacial score (nSPS) is 36.5. The minimum atomic E-state index is -0.348. The van der Waals surface area contributed by atoms with Crippen LogP contribution < -0.4 is 16.0 Å². The summed E-state index contributed by atoms with van der Waals surface area (Å²) in [7, 11) is 1.38. The van der Waals surface area contributed by atoms with Gasteiger partial charge in [0.1, 0.15) is 0 Å². The van der Waals surface area contributed by atoms with Gasteiger partial charge in [0.25, 0.3) is 0 Å². The van der Waals surface area contributed by atoms with Gasteiger partial charge in [-0.2, -0.15) is 0 Å². The van der Waals surface area contributed by atoms with Crippen LogP contribution in [-0.2, 0) is 4.74 Å². The number of hydrogen-bond donors (Lipinski definition) is 3. The Bertz CT molecular complexity index is 963. The van der Waals surface area contributed by atoms with Crippen LogP contribution in [0.5, 0.6) is 0 Å². The van der Waals surface area contributed by atoms with Gasteiger partial charge in [0.15, 0.2) is 5.11 Å². The highest BCUT2D eigenvalue weighted by Crippen LogP contribution is 2.55. The van der Waals surface area contributed by atoms with Crippen molar-refractivity contribution in [1.82, 2.24) is 15.5 Å². The summed E-state index contributed by atoms with van der Waals surface area (Å²) < 4.78 is 4.77. The van der Waals surface area contributed by atoms with Crippen LogP contribution in [0.1, 0.15) is 74.6 Å². The van der Waals surface area contributed by atoms with Crippen LogP contribution >= 0.6 is 12.2 Å². The first-order valence-corrected chi connectivity index (χ1v) is 13.7. The molecule has 2 atom stereocenters. The number of rotatable bonds is 4. The van der Waals surface area contributed by atoms with E-state index in [0.717, 1.165) is 54.2 Å². The number of benzene rings is 1. The lowest BCUT2D eigenvalue weighted by Gasteiger charge is -2.56. The molecule has 3 N–H and O–H groups in total. The van der Waals surface area contributed by atoms with E-state index < -0.39 is 0 Å². The molecule has 0 spiro atoms. The molecule has 2 heterocycles. The molecule has 6 bridgehead atoms. The first-order valence-electron chi connectivity index (χ1n) is 13.3. The third-order valence-electron chi connectivity index (χ3n) is 9.28. The molecule has 4 saturated carbocycles. The Kier molecular flexibility index (Phi) is 5.90. The number of nitrogens with one attached hydrogen (secondary N) is 3. The zero-order chi connectivity index (χ0) is 24.2. The predicted octanol–water partition coefficient (Wildman–Crippen LogP) is 4.43. The molecule has 7 nitrogen and oxygen atoms in total. The number of thiocarbonyl (C=S) groups is 1. The van der Waals surface area contributed by atoms with Crippen LogP contribution in [0.25, 0.3) is 0 Å². The number of carbonyl (C=O) groups excluding carboxylic acids is 2. The molecule has 1 aromatic rings. The molecule has 2 saturated heterocycles. The summed E-state index contributed by atoms with van der Waals surface area (Å²) in [6, 6.07) is 8.10. The maximum absolute atomic E-state index is 13.1. The van der Waals surface area contributed by atoms with Gasteiger partial charge in [-0.1, -0.05) is 0 Å². The van der Waals surface area contributed by atoms with Crippen molar-refractivity contribution in [2.75, 3.05) is 12.4 Å². The molecule has 6 aliphatic rings. The number of methoxy groups -OCH3 is 1. The first-order chi connectivity index (χ1) is 16.9. The van der Waals surface area contributed by atoms with Crippen molar-refractivity contribution >= 4 is 35.0 Å². The van der Waals surface area contributed by atoms with E-state index >= 15 is 0 Å². The average molecular weight is 497 g/mol. The van der Waals surface area contributed by atoms with Gasteiger partial charge in [-0.3, -0.25) is 0 Å². The Labute approximate surface area is 212 Å². The Morgan fingerprint density at radius 3 is 2.06 bits per heavy atom. The number of hydrogen-bond acceptors (Lipinski definition) is 4. The highest BCUT2D eigenvalue weighted by Gasteiger charge is 2.52. The van der Waals surface area contributed by atoms with Gasteiger partial charge in [0, 0.05) is 29.4 Å². The van der Waals surface area contributed by atoms with Crippen LogP contribution in [-0.4, -0.2) is 52.8 Å². The molecule has 2 unspecified atom stereocenters. The van der Waals surface area contributed by atoms with E-state index in [2.05, 4.69) is 20.9 Å². The van der Waals surface area contributed by atoms with Gasteiger partial charge < -0.3 is 25.6 Å². The summed E-state index contributed by atoms with van der Waals surface area (Å²) in [6.45, 7) is 0. The van der Waals surface area contributed by atoms with Crippen molar-refractivity contribution in [3.8, 4) is 0 Å². The number of nitrogens with zero attached hydrogens (tertiary/aromatic N) is 1. The van der Waals surface area contributed by atoms with Gasteiger partial charge in [-0.25, -0.2) is 9.59 Å². The molecule has 2 amide bonds. The Balaban J connectivity index is 1.03. The number of ether oxygens (including phenoxy) is 1. The fraction of sp³-hybridized carbons (Fsp3) is 0.667. The topological polar surface area (TPSA) is 82.7 Å². The van der Waals surface area contributed by atoms with E-state index in [1.165, 1.54) is 45.6 Å². The van der Waals surface area contributed by atoms with Crippen molar-refractivity contribution in [2.45, 2.75) is 87.9 Å². The predicted molar refractivity (Wildman–Crippen MR) is 138 cm³/mol. The number of anilines is 1. The highest BCUT2D eigenvalue weighted by molar-refractivity contribution is 7.80. The van der Waals surface area contributed by atoms with Crippen LogP contribution in [0, 0.1) is 17.8 Å². The summed E-state index contributed by atoms with van der Waals surface area (Å²) >= 11 is 5.78. The number of urea groups is 1. The number of fused-ring (bicyclic) bond motifs is 2. The third-order valence-corrected chi connectivity index (χ3v) is 9.59. The average Bonchev–Trinajstić information content (AvgIpc) is 3.08. The SMILES string of the molecule is COC(=O)c1ccc(NC(=S)N2C3CCC2CC(NC(=O)NC24CC5CC(CC(C5)C2)C4)C3)cc1. The smallest absolute Gasteiger partial charge is 0.337 e. The quantitative estimate of drug-likeness (QED) is 0.423.